The Bertz CT molecular complexity index is 1330. The summed E-state index contributed by atoms with van der Waals surface area (Å²) in [6, 6.07) is 14.7. The Morgan fingerprint density at radius 1 is 1.03 bits per heavy atom. The molecule has 0 saturated carbocycles. The van der Waals surface area contributed by atoms with E-state index in [1.165, 1.54) is 20.3 Å². The molecule has 9 nitrogen and oxygen atoms in total. The van der Waals surface area contributed by atoms with Crippen LogP contribution in [0.15, 0.2) is 60.8 Å². The van der Waals surface area contributed by atoms with E-state index in [4.69, 9.17) is 24.7 Å². The van der Waals surface area contributed by atoms with Crippen LogP contribution in [0.25, 0.3) is 10.9 Å². The fourth-order valence-electron chi connectivity index (χ4n) is 3.52. The first kappa shape index (κ1) is 24.8. The van der Waals surface area contributed by atoms with Gasteiger partial charge in [-0.25, -0.2) is 9.18 Å². The monoisotopic (exact) mass is 492 g/mol. The summed E-state index contributed by atoms with van der Waals surface area (Å²) in [6.45, 7) is 0.0723. The number of hydrogen-bond donors (Lipinski definition) is 1. The van der Waals surface area contributed by atoms with Crippen molar-refractivity contribution in [3.63, 3.8) is 0 Å². The normalized spacial score (nSPS) is 11.7. The maximum absolute atomic E-state index is 14.0. The van der Waals surface area contributed by atoms with Gasteiger partial charge < -0.3 is 24.7 Å². The van der Waals surface area contributed by atoms with E-state index in [9.17, 15) is 9.18 Å². The number of nitrogens with two attached hydrogens (primary N) is 1. The van der Waals surface area contributed by atoms with Crippen LogP contribution in [0.1, 0.15) is 21.7 Å². The van der Waals surface area contributed by atoms with Crippen LogP contribution in [-0.2, 0) is 17.8 Å². The molecule has 2 aromatic carbocycles. The van der Waals surface area contributed by atoms with Gasteiger partial charge in [-0.05, 0) is 23.8 Å². The minimum absolute atomic E-state index is 0.0239. The number of hydrogen-bond acceptors (Lipinski definition) is 9. The van der Waals surface area contributed by atoms with Crippen molar-refractivity contribution < 1.29 is 28.1 Å². The molecule has 0 aliphatic carbocycles. The number of methoxy groups -OCH3 is 2. The van der Waals surface area contributed by atoms with E-state index >= 15 is 0 Å². The Hall–Kier alpha value is -4.31. The molecule has 186 valence electrons. The zero-order valence-electron chi connectivity index (χ0n) is 19.8. The molecule has 36 heavy (non-hydrogen) atoms. The van der Waals surface area contributed by atoms with E-state index in [1.807, 2.05) is 30.3 Å². The highest BCUT2D eigenvalue weighted by atomic mass is 19.1. The second kappa shape index (κ2) is 11.4. The molecule has 10 heteroatoms. The molecule has 0 aliphatic rings. The first-order valence-electron chi connectivity index (χ1n) is 11.1. The minimum atomic E-state index is -0.665. The molecule has 4 aromatic rings. The van der Waals surface area contributed by atoms with Crippen LogP contribution in [-0.4, -0.2) is 47.8 Å². The molecule has 0 saturated heterocycles. The number of aromatic nitrogens is 3. The predicted octanol–water partition coefficient (Wildman–Crippen LogP) is 3.49. The third-order valence-corrected chi connectivity index (χ3v) is 5.25. The van der Waals surface area contributed by atoms with Gasteiger partial charge >= 0.3 is 5.97 Å². The Labute approximate surface area is 207 Å². The van der Waals surface area contributed by atoms with Crippen molar-refractivity contribution in [3.05, 3.63) is 83.6 Å². The fraction of sp³-hybridized carbons (Fsp3) is 0.231. The third-order valence-electron chi connectivity index (χ3n) is 5.25. The van der Waals surface area contributed by atoms with E-state index < -0.39 is 17.8 Å². The number of rotatable bonds is 10. The molecule has 1 atom stereocenters. The van der Waals surface area contributed by atoms with Crippen LogP contribution in [0.5, 0.6) is 17.5 Å². The summed E-state index contributed by atoms with van der Waals surface area (Å²) in [5.74, 6) is 0.0518. The van der Waals surface area contributed by atoms with Crippen LogP contribution in [0.2, 0.25) is 0 Å². The minimum Gasteiger partial charge on any atom is -0.491 e. The summed E-state index contributed by atoms with van der Waals surface area (Å²) in [6.07, 6.45) is 1.34. The molecule has 0 radical (unpaired) electrons. The van der Waals surface area contributed by atoms with Crippen molar-refractivity contribution in [2.45, 2.75) is 19.1 Å². The second-order valence-corrected chi connectivity index (χ2v) is 7.86. The van der Waals surface area contributed by atoms with Crippen LogP contribution in [0.3, 0.4) is 0 Å². The van der Waals surface area contributed by atoms with E-state index in [-0.39, 0.29) is 36.3 Å². The predicted molar refractivity (Wildman–Crippen MR) is 130 cm³/mol. The lowest BCUT2D eigenvalue weighted by molar-refractivity contribution is 0.0470. The van der Waals surface area contributed by atoms with Crippen LogP contribution < -0.4 is 19.9 Å². The molecule has 4 rings (SSSR count). The van der Waals surface area contributed by atoms with Crippen molar-refractivity contribution in [2.24, 2.45) is 5.73 Å². The number of esters is 1. The van der Waals surface area contributed by atoms with Gasteiger partial charge in [-0.15, -0.1) is 0 Å². The van der Waals surface area contributed by atoms with Crippen molar-refractivity contribution in [1.29, 1.82) is 0 Å². The summed E-state index contributed by atoms with van der Waals surface area (Å²) >= 11 is 0. The quantitative estimate of drug-likeness (QED) is 0.332. The van der Waals surface area contributed by atoms with Gasteiger partial charge in [0.25, 0.3) is 0 Å². The molecule has 2 heterocycles. The number of pyridine rings is 1. The summed E-state index contributed by atoms with van der Waals surface area (Å²) in [5.41, 5.74) is 7.57. The van der Waals surface area contributed by atoms with E-state index in [0.717, 1.165) is 11.8 Å². The maximum Gasteiger partial charge on any atom is 0.342 e. The fourth-order valence-corrected chi connectivity index (χ4v) is 3.52. The highest BCUT2D eigenvalue weighted by molar-refractivity contribution is 6.06. The molecule has 0 spiro atoms. The lowest BCUT2D eigenvalue weighted by Gasteiger charge is -2.17. The summed E-state index contributed by atoms with van der Waals surface area (Å²) in [7, 11) is 2.98. The van der Waals surface area contributed by atoms with Gasteiger partial charge in [0.1, 0.15) is 36.2 Å². The number of ether oxygens (including phenoxy) is 4. The molecule has 0 fully saturated rings. The standard InChI is InChI=1S/C26H25FN4O5/c1-33-23-12-24(34-2)31-22(30-23)11-18(28)15-35-21-9-8-20-19(10-17(27)13-29-20)25(21)26(32)36-14-16-6-4-3-5-7-16/h3-10,12-13,18H,11,14-15,28H2,1-2H3/t18-/m1/s1. The van der Waals surface area contributed by atoms with Gasteiger partial charge in [-0.1, -0.05) is 30.3 Å². The number of carbonyl (C=O) groups is 1. The molecule has 0 bridgehead atoms. The Balaban J connectivity index is 1.54. The molecule has 0 aliphatic heterocycles. The topological polar surface area (TPSA) is 119 Å². The third kappa shape index (κ3) is 6.02. The van der Waals surface area contributed by atoms with Gasteiger partial charge in [-0.3, -0.25) is 4.98 Å². The van der Waals surface area contributed by atoms with Gasteiger partial charge in [0.05, 0.1) is 32.0 Å². The summed E-state index contributed by atoms with van der Waals surface area (Å²) < 4.78 is 35.8. The average molecular weight is 493 g/mol. The number of benzene rings is 2. The Morgan fingerprint density at radius 2 is 1.75 bits per heavy atom. The molecule has 2 N–H and O–H groups in total. The van der Waals surface area contributed by atoms with Crippen molar-refractivity contribution >= 4 is 16.9 Å². The second-order valence-electron chi connectivity index (χ2n) is 7.86. The smallest absolute Gasteiger partial charge is 0.342 e. The van der Waals surface area contributed by atoms with Gasteiger partial charge in [-0.2, -0.15) is 9.97 Å². The molecule has 2 aromatic heterocycles. The zero-order valence-corrected chi connectivity index (χ0v) is 19.8. The van der Waals surface area contributed by atoms with Gasteiger partial charge in [0, 0.05) is 17.8 Å². The maximum atomic E-state index is 14.0. The number of nitrogens with zero attached hydrogens (tertiary/aromatic N) is 3. The SMILES string of the molecule is COc1cc(OC)nc(C[C@@H](N)COc2ccc3ncc(F)cc3c2C(=O)OCc2ccccc2)n1. The molecule has 0 amide bonds. The molecule has 0 unspecified atom stereocenters. The van der Waals surface area contributed by atoms with Crippen molar-refractivity contribution in [2.75, 3.05) is 20.8 Å². The highest BCUT2D eigenvalue weighted by Gasteiger charge is 2.21. The van der Waals surface area contributed by atoms with Crippen LogP contribution in [0, 0.1) is 5.82 Å². The van der Waals surface area contributed by atoms with E-state index in [1.54, 1.807) is 18.2 Å². The number of fused-ring (bicyclic) bond motifs is 1. The number of halogens is 1. The average Bonchev–Trinajstić information content (AvgIpc) is 2.90. The molecular formula is C26H25FN4O5. The Morgan fingerprint density at radius 3 is 2.44 bits per heavy atom. The Kier molecular flexibility index (Phi) is 7.86. The lowest BCUT2D eigenvalue weighted by Crippen LogP contribution is -2.31. The zero-order chi connectivity index (χ0) is 25.5. The molecular weight excluding hydrogens is 467 g/mol. The van der Waals surface area contributed by atoms with Crippen LogP contribution in [0.4, 0.5) is 4.39 Å². The van der Waals surface area contributed by atoms with E-state index in [2.05, 4.69) is 15.0 Å². The largest absolute Gasteiger partial charge is 0.491 e. The summed E-state index contributed by atoms with van der Waals surface area (Å²) in [4.78, 5) is 25.7. The van der Waals surface area contributed by atoms with Crippen molar-refractivity contribution in [3.8, 4) is 17.5 Å². The summed E-state index contributed by atoms with van der Waals surface area (Å²) in [5, 5.41) is 0.278. The first-order valence-corrected chi connectivity index (χ1v) is 11.1. The van der Waals surface area contributed by atoms with Gasteiger partial charge in [0.2, 0.25) is 11.8 Å². The lowest BCUT2D eigenvalue weighted by atomic mass is 10.1. The van der Waals surface area contributed by atoms with Gasteiger partial charge in [0.15, 0.2) is 0 Å². The first-order chi connectivity index (χ1) is 17.5. The number of carbonyl (C=O) groups excluding carboxylic acids is 1. The van der Waals surface area contributed by atoms with E-state index in [0.29, 0.717) is 23.1 Å². The van der Waals surface area contributed by atoms with Crippen molar-refractivity contribution in [1.82, 2.24) is 15.0 Å². The van der Waals surface area contributed by atoms with Crippen LogP contribution >= 0.6 is 0 Å². The highest BCUT2D eigenvalue weighted by Crippen LogP contribution is 2.29.